The minimum Gasteiger partial charge on any atom is -0.353 e. The summed E-state index contributed by atoms with van der Waals surface area (Å²) in [4.78, 5) is 11.5. The first-order valence-corrected chi connectivity index (χ1v) is 6.71. The van der Waals surface area contributed by atoms with Gasteiger partial charge in [-0.05, 0) is 36.8 Å². The normalized spacial score (nSPS) is 23.1. The van der Waals surface area contributed by atoms with Crippen molar-refractivity contribution in [2.45, 2.75) is 45.0 Å². The van der Waals surface area contributed by atoms with Crippen molar-refractivity contribution in [3.05, 3.63) is 34.9 Å². The summed E-state index contributed by atoms with van der Waals surface area (Å²) in [6, 6.07) is 6.03. The first-order valence-electron chi connectivity index (χ1n) is 6.71. The van der Waals surface area contributed by atoms with Crippen molar-refractivity contribution in [1.82, 2.24) is 0 Å². The molecule has 3 rings (SSSR count). The van der Waals surface area contributed by atoms with E-state index in [-0.39, 0.29) is 12.1 Å². The zero-order chi connectivity index (χ0) is 12.4. The molecule has 1 aromatic carbocycles. The summed E-state index contributed by atoms with van der Waals surface area (Å²) in [6.07, 6.45) is 4.80. The number of hydrogen-bond acceptors (Lipinski definition) is 3. The highest BCUT2D eigenvalue weighted by molar-refractivity contribution is 6.00. The Morgan fingerprint density at radius 1 is 1.28 bits per heavy atom. The SMILES string of the molecule is O=C1CCc2cc(COC3CCCCO3)ccc21. The van der Waals surface area contributed by atoms with Gasteiger partial charge in [-0.2, -0.15) is 0 Å². The van der Waals surface area contributed by atoms with Crippen LogP contribution in [0.3, 0.4) is 0 Å². The van der Waals surface area contributed by atoms with Crippen LogP contribution in [0.15, 0.2) is 18.2 Å². The average molecular weight is 246 g/mol. The van der Waals surface area contributed by atoms with Crippen LogP contribution in [0.25, 0.3) is 0 Å². The van der Waals surface area contributed by atoms with Crippen molar-refractivity contribution in [2.75, 3.05) is 6.61 Å². The number of rotatable bonds is 3. The van der Waals surface area contributed by atoms with E-state index >= 15 is 0 Å². The second-order valence-electron chi connectivity index (χ2n) is 5.02. The van der Waals surface area contributed by atoms with Gasteiger partial charge >= 0.3 is 0 Å². The van der Waals surface area contributed by atoms with E-state index in [9.17, 15) is 4.79 Å². The molecular weight excluding hydrogens is 228 g/mol. The third-order valence-electron chi connectivity index (χ3n) is 3.67. The molecule has 1 fully saturated rings. The fourth-order valence-electron chi connectivity index (χ4n) is 2.63. The average Bonchev–Trinajstić information content (AvgIpc) is 2.79. The van der Waals surface area contributed by atoms with Gasteiger partial charge in [-0.25, -0.2) is 0 Å². The van der Waals surface area contributed by atoms with Crippen LogP contribution in [-0.4, -0.2) is 18.7 Å². The van der Waals surface area contributed by atoms with Gasteiger partial charge in [0, 0.05) is 18.6 Å². The van der Waals surface area contributed by atoms with Crippen LogP contribution in [0.4, 0.5) is 0 Å². The highest BCUT2D eigenvalue weighted by Crippen LogP contribution is 2.24. The van der Waals surface area contributed by atoms with Crippen LogP contribution >= 0.6 is 0 Å². The monoisotopic (exact) mass is 246 g/mol. The molecule has 0 aromatic heterocycles. The Morgan fingerprint density at radius 3 is 3.06 bits per heavy atom. The zero-order valence-electron chi connectivity index (χ0n) is 10.5. The Balaban J connectivity index is 1.61. The van der Waals surface area contributed by atoms with E-state index < -0.39 is 0 Å². The molecule has 0 N–H and O–H groups in total. The fourth-order valence-corrected chi connectivity index (χ4v) is 2.63. The number of carbonyl (C=O) groups is 1. The van der Waals surface area contributed by atoms with Gasteiger partial charge in [0.2, 0.25) is 0 Å². The van der Waals surface area contributed by atoms with E-state index in [1.807, 2.05) is 12.1 Å². The number of hydrogen-bond donors (Lipinski definition) is 0. The smallest absolute Gasteiger partial charge is 0.163 e. The minimum atomic E-state index is -0.0476. The molecule has 0 amide bonds. The van der Waals surface area contributed by atoms with Gasteiger partial charge in [0.1, 0.15) is 0 Å². The second kappa shape index (κ2) is 5.21. The Bertz CT molecular complexity index is 447. The second-order valence-corrected chi connectivity index (χ2v) is 5.02. The number of fused-ring (bicyclic) bond motifs is 1. The summed E-state index contributed by atoms with van der Waals surface area (Å²) < 4.78 is 11.3. The molecule has 1 saturated heterocycles. The summed E-state index contributed by atoms with van der Waals surface area (Å²) in [6.45, 7) is 1.38. The predicted molar refractivity (Wildman–Crippen MR) is 67.5 cm³/mol. The molecule has 0 bridgehead atoms. The molecule has 1 atom stereocenters. The molecule has 1 aliphatic heterocycles. The quantitative estimate of drug-likeness (QED) is 0.822. The molecule has 0 radical (unpaired) electrons. The van der Waals surface area contributed by atoms with E-state index in [1.54, 1.807) is 0 Å². The van der Waals surface area contributed by atoms with Crippen molar-refractivity contribution in [1.29, 1.82) is 0 Å². The maximum atomic E-state index is 11.5. The van der Waals surface area contributed by atoms with Crippen molar-refractivity contribution in [3.63, 3.8) is 0 Å². The molecule has 0 saturated carbocycles. The Kier molecular flexibility index (Phi) is 3.43. The largest absolute Gasteiger partial charge is 0.353 e. The van der Waals surface area contributed by atoms with Gasteiger partial charge in [-0.3, -0.25) is 4.79 Å². The van der Waals surface area contributed by atoms with Crippen LogP contribution in [0, 0.1) is 0 Å². The molecule has 18 heavy (non-hydrogen) atoms. The van der Waals surface area contributed by atoms with Crippen LogP contribution in [-0.2, 0) is 22.5 Å². The van der Waals surface area contributed by atoms with Crippen molar-refractivity contribution >= 4 is 5.78 Å². The molecule has 0 spiro atoms. The summed E-state index contributed by atoms with van der Waals surface area (Å²) in [5.74, 6) is 0.271. The lowest BCUT2D eigenvalue weighted by atomic mass is 10.1. The molecule has 1 aromatic rings. The molecule has 2 aliphatic rings. The third-order valence-corrected chi connectivity index (χ3v) is 3.67. The fraction of sp³-hybridized carbons (Fsp3) is 0.533. The summed E-state index contributed by atoms with van der Waals surface area (Å²) >= 11 is 0. The number of benzene rings is 1. The van der Waals surface area contributed by atoms with Gasteiger partial charge in [0.15, 0.2) is 12.1 Å². The summed E-state index contributed by atoms with van der Waals surface area (Å²) in [7, 11) is 0. The molecule has 3 heteroatoms. The van der Waals surface area contributed by atoms with Crippen molar-refractivity contribution < 1.29 is 14.3 Å². The van der Waals surface area contributed by atoms with Gasteiger partial charge in [-0.1, -0.05) is 18.2 Å². The lowest BCUT2D eigenvalue weighted by Gasteiger charge is -2.22. The first kappa shape index (κ1) is 11.9. The Morgan fingerprint density at radius 2 is 2.22 bits per heavy atom. The van der Waals surface area contributed by atoms with Crippen molar-refractivity contribution in [3.8, 4) is 0 Å². The molecule has 3 nitrogen and oxygen atoms in total. The molecular formula is C15H18O3. The number of ether oxygens (including phenoxy) is 2. The maximum absolute atomic E-state index is 11.5. The van der Waals surface area contributed by atoms with E-state index in [0.717, 1.165) is 37.0 Å². The van der Waals surface area contributed by atoms with E-state index in [0.29, 0.717) is 13.0 Å². The van der Waals surface area contributed by atoms with Gasteiger partial charge in [0.05, 0.1) is 6.61 Å². The van der Waals surface area contributed by atoms with Crippen LogP contribution < -0.4 is 0 Å². The molecule has 1 aliphatic carbocycles. The highest BCUT2D eigenvalue weighted by Gasteiger charge is 2.19. The Labute approximate surface area is 107 Å². The van der Waals surface area contributed by atoms with Crippen molar-refractivity contribution in [2.24, 2.45) is 0 Å². The van der Waals surface area contributed by atoms with Gasteiger partial charge in [0.25, 0.3) is 0 Å². The number of Topliss-reactive ketones (excluding diaryl/α,β-unsaturated/α-hetero) is 1. The Hall–Kier alpha value is -1.19. The van der Waals surface area contributed by atoms with E-state index in [4.69, 9.17) is 9.47 Å². The first-order chi connectivity index (χ1) is 8.83. The minimum absolute atomic E-state index is 0.0476. The van der Waals surface area contributed by atoms with Crippen LogP contribution in [0.2, 0.25) is 0 Å². The summed E-state index contributed by atoms with van der Waals surface area (Å²) in [5.41, 5.74) is 3.20. The van der Waals surface area contributed by atoms with E-state index in [2.05, 4.69) is 6.07 Å². The topological polar surface area (TPSA) is 35.5 Å². The third kappa shape index (κ3) is 2.47. The lowest BCUT2D eigenvalue weighted by Crippen LogP contribution is -2.22. The van der Waals surface area contributed by atoms with Gasteiger partial charge in [-0.15, -0.1) is 0 Å². The maximum Gasteiger partial charge on any atom is 0.163 e. The van der Waals surface area contributed by atoms with Gasteiger partial charge < -0.3 is 9.47 Å². The molecule has 1 heterocycles. The lowest BCUT2D eigenvalue weighted by molar-refractivity contribution is -0.168. The number of aryl methyl sites for hydroxylation is 1. The van der Waals surface area contributed by atoms with Crippen LogP contribution in [0.1, 0.15) is 47.2 Å². The number of carbonyl (C=O) groups excluding carboxylic acids is 1. The highest BCUT2D eigenvalue weighted by atomic mass is 16.7. The summed E-state index contributed by atoms with van der Waals surface area (Å²) in [5, 5.41) is 0. The standard InChI is InChI=1S/C15H18O3/c16-14-7-5-12-9-11(4-6-13(12)14)10-18-15-3-1-2-8-17-15/h4,6,9,15H,1-3,5,7-8,10H2. The zero-order valence-corrected chi connectivity index (χ0v) is 10.5. The van der Waals surface area contributed by atoms with Crippen LogP contribution in [0.5, 0.6) is 0 Å². The molecule has 96 valence electrons. The van der Waals surface area contributed by atoms with E-state index in [1.165, 1.54) is 12.0 Å². The molecule has 1 unspecified atom stereocenters. The predicted octanol–water partition coefficient (Wildman–Crippen LogP) is 2.86. The number of ketones is 1.